The van der Waals surface area contributed by atoms with E-state index in [0.29, 0.717) is 10.5 Å². The molecule has 0 bridgehead atoms. The number of amides is 1. The monoisotopic (exact) mass is 440 g/mol. The minimum Gasteiger partial charge on any atom is -0.497 e. The highest BCUT2D eigenvalue weighted by atomic mass is 32.2. The molecule has 0 aliphatic carbocycles. The van der Waals surface area contributed by atoms with Gasteiger partial charge in [0.1, 0.15) is 5.75 Å². The molecule has 0 radical (unpaired) electrons. The summed E-state index contributed by atoms with van der Waals surface area (Å²) in [5, 5.41) is 2.12. The largest absolute Gasteiger partial charge is 0.497 e. The Labute approximate surface area is 187 Å². The summed E-state index contributed by atoms with van der Waals surface area (Å²) < 4.78 is 22.1. The molecule has 6 heteroatoms. The van der Waals surface area contributed by atoms with Crippen LogP contribution in [0, 0.1) is 11.8 Å². The summed E-state index contributed by atoms with van der Waals surface area (Å²) >= 11 is 0. The molecule has 4 aromatic rings. The summed E-state index contributed by atoms with van der Waals surface area (Å²) in [4.78, 5) is 17.2. The molecule has 0 saturated heterocycles. The molecule has 1 unspecified atom stereocenters. The number of nitrogens with zero attached hydrogens (tertiary/aromatic N) is 2. The maximum atomic E-state index is 12.9. The molecule has 32 heavy (non-hydrogen) atoms. The number of fused-ring (bicyclic) bond motifs is 1. The minimum atomic E-state index is -2.85. The van der Waals surface area contributed by atoms with E-state index in [0.717, 1.165) is 22.1 Å². The Morgan fingerprint density at radius 2 is 1.62 bits per heavy atom. The maximum Gasteiger partial charge on any atom is 0.286 e. The molecule has 5 nitrogen and oxygen atoms in total. The molecule has 0 saturated carbocycles. The van der Waals surface area contributed by atoms with Crippen LogP contribution < -0.4 is 4.74 Å². The topological polar surface area (TPSA) is 68.6 Å². The number of benzene rings is 3. The van der Waals surface area contributed by atoms with Crippen LogP contribution >= 0.6 is 0 Å². The Kier molecular flexibility index (Phi) is 6.02. The fraction of sp³-hybridized carbons (Fsp3) is 0.0769. The molecule has 0 fully saturated rings. The van der Waals surface area contributed by atoms with Gasteiger partial charge < -0.3 is 4.74 Å². The van der Waals surface area contributed by atoms with Crippen molar-refractivity contribution in [2.75, 3.05) is 13.4 Å². The normalized spacial score (nSPS) is 12.3. The van der Waals surface area contributed by atoms with Gasteiger partial charge in [-0.3, -0.25) is 9.78 Å². The third-order valence-electron chi connectivity index (χ3n) is 4.82. The first-order chi connectivity index (χ1) is 15.4. The number of hydrogen-bond acceptors (Lipinski definition) is 4. The molecule has 158 valence electrons. The standard InChI is InChI=1S/C26H20N2O3S/c1-31-24-13-12-21-14-19(10-11-22(21)16-24)8-9-20-15-23(18-27-17-20)26(29)28-32(2,30)25-6-4-3-5-7-25/h3-7,10-18H,1-2H3. The van der Waals surface area contributed by atoms with Gasteiger partial charge in [-0.1, -0.05) is 42.2 Å². The van der Waals surface area contributed by atoms with E-state index in [-0.39, 0.29) is 5.56 Å². The molecule has 1 heterocycles. The van der Waals surface area contributed by atoms with E-state index in [9.17, 15) is 9.00 Å². The van der Waals surface area contributed by atoms with E-state index < -0.39 is 15.6 Å². The lowest BCUT2D eigenvalue weighted by molar-refractivity contribution is 0.100. The van der Waals surface area contributed by atoms with Crippen molar-refractivity contribution in [3.05, 3.63) is 102 Å². The molecule has 1 amide bonds. The van der Waals surface area contributed by atoms with Gasteiger partial charge in [0.15, 0.2) is 0 Å². The second-order valence-corrected chi connectivity index (χ2v) is 9.41. The van der Waals surface area contributed by atoms with Crippen molar-refractivity contribution in [3.8, 4) is 17.6 Å². The van der Waals surface area contributed by atoms with Crippen LogP contribution in [0.3, 0.4) is 0 Å². The van der Waals surface area contributed by atoms with Gasteiger partial charge in [0.25, 0.3) is 5.91 Å². The number of aromatic nitrogens is 1. The lowest BCUT2D eigenvalue weighted by atomic mass is 10.1. The summed E-state index contributed by atoms with van der Waals surface area (Å²) in [5.74, 6) is 6.36. The van der Waals surface area contributed by atoms with Gasteiger partial charge in [-0.05, 0) is 53.2 Å². The first kappa shape index (κ1) is 21.3. The lowest BCUT2D eigenvalue weighted by Crippen LogP contribution is -2.04. The molecular weight excluding hydrogens is 420 g/mol. The molecule has 1 atom stereocenters. The van der Waals surface area contributed by atoms with Gasteiger partial charge in [-0.2, -0.15) is 4.36 Å². The van der Waals surface area contributed by atoms with Gasteiger partial charge in [-0.15, -0.1) is 0 Å². The Morgan fingerprint density at radius 1 is 0.906 bits per heavy atom. The van der Waals surface area contributed by atoms with Gasteiger partial charge >= 0.3 is 0 Å². The predicted octanol–water partition coefficient (Wildman–Crippen LogP) is 4.94. The number of pyridine rings is 1. The molecule has 0 aliphatic rings. The van der Waals surface area contributed by atoms with Gasteiger partial charge in [0.05, 0.1) is 22.4 Å². The summed E-state index contributed by atoms with van der Waals surface area (Å²) in [6, 6.07) is 22.1. The third-order valence-corrected chi connectivity index (χ3v) is 6.48. The Bertz CT molecular complexity index is 1490. The van der Waals surface area contributed by atoms with Crippen molar-refractivity contribution >= 4 is 26.4 Å². The Hall–Kier alpha value is -3.95. The van der Waals surface area contributed by atoms with E-state index in [1.807, 2.05) is 42.5 Å². The summed E-state index contributed by atoms with van der Waals surface area (Å²) in [5.41, 5.74) is 1.65. The SMILES string of the molecule is COc1ccc2cc(C#Cc3cncc(C(=O)N=S(C)(=O)c4ccccc4)c3)ccc2c1. The Morgan fingerprint density at radius 3 is 2.41 bits per heavy atom. The first-order valence-corrected chi connectivity index (χ1v) is 11.7. The Balaban J connectivity index is 1.60. The molecule has 3 aromatic carbocycles. The minimum absolute atomic E-state index is 0.243. The third kappa shape index (κ3) is 4.85. The summed E-state index contributed by atoms with van der Waals surface area (Å²) in [7, 11) is -1.21. The lowest BCUT2D eigenvalue weighted by Gasteiger charge is -2.03. The zero-order valence-corrected chi connectivity index (χ0v) is 18.4. The number of hydrogen-bond donors (Lipinski definition) is 0. The highest BCUT2D eigenvalue weighted by Crippen LogP contribution is 2.21. The van der Waals surface area contributed by atoms with Crippen molar-refractivity contribution in [1.82, 2.24) is 4.98 Å². The smallest absolute Gasteiger partial charge is 0.286 e. The zero-order chi connectivity index (χ0) is 22.6. The van der Waals surface area contributed by atoms with Crippen LogP contribution in [0.4, 0.5) is 0 Å². The van der Waals surface area contributed by atoms with Crippen LogP contribution in [0.5, 0.6) is 5.75 Å². The molecule has 0 spiro atoms. The fourth-order valence-electron chi connectivity index (χ4n) is 3.13. The average molecular weight is 441 g/mol. The van der Waals surface area contributed by atoms with Gasteiger partial charge in [-0.25, -0.2) is 4.21 Å². The second-order valence-electron chi connectivity index (χ2n) is 7.15. The number of methoxy groups -OCH3 is 1. The van der Waals surface area contributed by atoms with Crippen LogP contribution in [0.25, 0.3) is 10.8 Å². The van der Waals surface area contributed by atoms with E-state index in [2.05, 4.69) is 21.2 Å². The molecule has 4 rings (SSSR count). The van der Waals surface area contributed by atoms with Crippen molar-refractivity contribution in [2.24, 2.45) is 4.36 Å². The van der Waals surface area contributed by atoms with E-state index in [4.69, 9.17) is 4.74 Å². The van der Waals surface area contributed by atoms with Crippen molar-refractivity contribution in [1.29, 1.82) is 0 Å². The van der Waals surface area contributed by atoms with Crippen LogP contribution in [-0.4, -0.2) is 28.5 Å². The highest BCUT2D eigenvalue weighted by Gasteiger charge is 2.11. The predicted molar refractivity (Wildman–Crippen MR) is 126 cm³/mol. The average Bonchev–Trinajstić information content (AvgIpc) is 2.82. The zero-order valence-electron chi connectivity index (χ0n) is 17.6. The molecule has 0 aliphatic heterocycles. The van der Waals surface area contributed by atoms with E-state index in [1.165, 1.54) is 12.5 Å². The van der Waals surface area contributed by atoms with E-state index >= 15 is 0 Å². The first-order valence-electron chi connectivity index (χ1n) is 9.81. The second kappa shape index (κ2) is 9.04. The van der Waals surface area contributed by atoms with Crippen LogP contribution in [-0.2, 0) is 9.73 Å². The highest BCUT2D eigenvalue weighted by molar-refractivity contribution is 7.93. The number of carbonyl (C=O) groups is 1. The number of carbonyl (C=O) groups excluding carboxylic acids is 1. The van der Waals surface area contributed by atoms with Gasteiger partial charge in [0.2, 0.25) is 0 Å². The summed E-state index contributed by atoms with van der Waals surface area (Å²) in [6.45, 7) is 0. The van der Waals surface area contributed by atoms with E-state index in [1.54, 1.807) is 43.6 Å². The van der Waals surface area contributed by atoms with Gasteiger partial charge in [0, 0.05) is 34.7 Å². The van der Waals surface area contributed by atoms with Crippen molar-refractivity contribution < 1.29 is 13.7 Å². The van der Waals surface area contributed by atoms with Crippen LogP contribution in [0.2, 0.25) is 0 Å². The number of rotatable bonds is 3. The van der Waals surface area contributed by atoms with Crippen molar-refractivity contribution in [3.63, 3.8) is 0 Å². The van der Waals surface area contributed by atoms with Crippen LogP contribution in [0.1, 0.15) is 21.5 Å². The molecule has 1 aromatic heterocycles. The van der Waals surface area contributed by atoms with Crippen LogP contribution in [0.15, 0.2) is 94.4 Å². The molecular formula is C26H20N2O3S. The number of ether oxygens (including phenoxy) is 1. The molecule has 0 N–H and O–H groups in total. The fourth-order valence-corrected chi connectivity index (χ4v) is 4.32. The quantitative estimate of drug-likeness (QED) is 0.423. The summed E-state index contributed by atoms with van der Waals surface area (Å²) in [6.07, 6.45) is 4.43. The maximum absolute atomic E-state index is 12.9. The van der Waals surface area contributed by atoms with Crippen molar-refractivity contribution in [2.45, 2.75) is 4.90 Å².